The van der Waals surface area contributed by atoms with E-state index in [1.807, 2.05) is 43.3 Å². The summed E-state index contributed by atoms with van der Waals surface area (Å²) in [6, 6.07) is 16.2. The van der Waals surface area contributed by atoms with Crippen LogP contribution in [0.5, 0.6) is 5.75 Å². The molecule has 0 unspecified atom stereocenters. The van der Waals surface area contributed by atoms with Crippen LogP contribution in [-0.2, 0) is 13.2 Å². The molecule has 0 bridgehead atoms. The van der Waals surface area contributed by atoms with Crippen molar-refractivity contribution in [1.82, 2.24) is 0 Å². The van der Waals surface area contributed by atoms with Crippen LogP contribution in [0.25, 0.3) is 0 Å². The molecule has 0 fully saturated rings. The van der Waals surface area contributed by atoms with Crippen molar-refractivity contribution < 1.29 is 4.74 Å². The van der Waals surface area contributed by atoms with Crippen LogP contribution in [0.3, 0.4) is 0 Å². The highest BCUT2D eigenvalue weighted by Gasteiger charge is 2.05. The van der Waals surface area contributed by atoms with Gasteiger partial charge >= 0.3 is 0 Å². The Labute approximate surface area is 102 Å². The Hall–Kier alpha value is -1.80. The summed E-state index contributed by atoms with van der Waals surface area (Å²) in [6.45, 7) is 3.13. The Kier molecular flexibility index (Phi) is 3.78. The van der Waals surface area contributed by atoms with Crippen LogP contribution in [0, 0.1) is 6.92 Å². The summed E-state index contributed by atoms with van der Waals surface area (Å²) in [4.78, 5) is 0. The van der Waals surface area contributed by atoms with Gasteiger partial charge in [-0.05, 0) is 18.1 Å². The smallest absolute Gasteiger partial charge is 0.127 e. The third-order valence-electron chi connectivity index (χ3n) is 2.74. The topological polar surface area (TPSA) is 35.2 Å². The Morgan fingerprint density at radius 1 is 1.00 bits per heavy atom. The number of rotatable bonds is 4. The van der Waals surface area contributed by atoms with Gasteiger partial charge in [0.2, 0.25) is 0 Å². The zero-order valence-electron chi connectivity index (χ0n) is 10.0. The summed E-state index contributed by atoms with van der Waals surface area (Å²) in [5.74, 6) is 0.916. The predicted molar refractivity (Wildman–Crippen MR) is 69.8 cm³/mol. The van der Waals surface area contributed by atoms with Gasteiger partial charge < -0.3 is 10.5 Å². The maximum absolute atomic E-state index is 5.86. The van der Waals surface area contributed by atoms with Crippen LogP contribution in [0.4, 0.5) is 0 Å². The first-order valence-corrected chi connectivity index (χ1v) is 5.76. The van der Waals surface area contributed by atoms with Gasteiger partial charge in [-0.25, -0.2) is 0 Å². The molecule has 2 nitrogen and oxygen atoms in total. The van der Waals surface area contributed by atoms with Crippen molar-refractivity contribution in [3.63, 3.8) is 0 Å². The minimum absolute atomic E-state index is 0.506. The van der Waals surface area contributed by atoms with Crippen molar-refractivity contribution in [1.29, 1.82) is 0 Å². The normalized spacial score (nSPS) is 10.2. The van der Waals surface area contributed by atoms with E-state index in [0.29, 0.717) is 13.2 Å². The summed E-state index contributed by atoms with van der Waals surface area (Å²) in [7, 11) is 0. The lowest BCUT2D eigenvalue weighted by molar-refractivity contribution is 0.301. The average molecular weight is 227 g/mol. The number of benzene rings is 2. The third-order valence-corrected chi connectivity index (χ3v) is 2.74. The Balaban J connectivity index is 2.14. The van der Waals surface area contributed by atoms with Crippen molar-refractivity contribution in [2.24, 2.45) is 5.73 Å². The van der Waals surface area contributed by atoms with E-state index >= 15 is 0 Å². The highest BCUT2D eigenvalue weighted by atomic mass is 16.5. The fourth-order valence-corrected chi connectivity index (χ4v) is 1.81. The molecule has 0 radical (unpaired) electrons. The van der Waals surface area contributed by atoms with E-state index < -0.39 is 0 Å². The summed E-state index contributed by atoms with van der Waals surface area (Å²) < 4.78 is 5.86. The maximum Gasteiger partial charge on any atom is 0.127 e. The van der Waals surface area contributed by atoms with Crippen molar-refractivity contribution in [3.05, 3.63) is 65.2 Å². The van der Waals surface area contributed by atoms with Gasteiger partial charge in [0.15, 0.2) is 0 Å². The van der Waals surface area contributed by atoms with Crippen molar-refractivity contribution in [3.8, 4) is 5.75 Å². The minimum atomic E-state index is 0.506. The summed E-state index contributed by atoms with van der Waals surface area (Å²) in [5, 5.41) is 0. The van der Waals surface area contributed by atoms with Gasteiger partial charge in [-0.15, -0.1) is 0 Å². The van der Waals surface area contributed by atoms with Crippen molar-refractivity contribution in [2.45, 2.75) is 20.1 Å². The molecule has 0 aliphatic heterocycles. The average Bonchev–Trinajstić information content (AvgIpc) is 2.38. The zero-order chi connectivity index (χ0) is 12.1. The molecule has 0 saturated carbocycles. The van der Waals surface area contributed by atoms with Crippen LogP contribution in [0.2, 0.25) is 0 Å². The predicted octanol–water partition coefficient (Wildman–Crippen LogP) is 3.03. The number of hydrogen-bond acceptors (Lipinski definition) is 2. The van der Waals surface area contributed by atoms with Crippen molar-refractivity contribution >= 4 is 0 Å². The quantitative estimate of drug-likeness (QED) is 0.871. The van der Waals surface area contributed by atoms with E-state index in [2.05, 4.69) is 12.1 Å². The molecule has 2 aromatic rings. The molecule has 17 heavy (non-hydrogen) atoms. The monoisotopic (exact) mass is 227 g/mol. The first kappa shape index (κ1) is 11.7. The van der Waals surface area contributed by atoms with Gasteiger partial charge in [0.05, 0.1) is 0 Å². The second-order valence-electron chi connectivity index (χ2n) is 4.04. The van der Waals surface area contributed by atoms with Gasteiger partial charge in [0.1, 0.15) is 12.4 Å². The van der Waals surface area contributed by atoms with E-state index in [-0.39, 0.29) is 0 Å². The molecule has 88 valence electrons. The number of ether oxygens (including phenoxy) is 1. The molecule has 2 rings (SSSR count). The molecule has 2 N–H and O–H groups in total. The van der Waals surface area contributed by atoms with Gasteiger partial charge in [-0.1, -0.05) is 48.5 Å². The Morgan fingerprint density at radius 2 is 1.76 bits per heavy atom. The largest absolute Gasteiger partial charge is 0.488 e. The second kappa shape index (κ2) is 5.51. The minimum Gasteiger partial charge on any atom is -0.488 e. The fourth-order valence-electron chi connectivity index (χ4n) is 1.81. The summed E-state index contributed by atoms with van der Waals surface area (Å²) >= 11 is 0. The van der Waals surface area contributed by atoms with Crippen LogP contribution in [0.1, 0.15) is 16.7 Å². The number of hydrogen-bond donors (Lipinski definition) is 1. The first-order valence-electron chi connectivity index (χ1n) is 5.76. The third kappa shape index (κ3) is 2.86. The lowest BCUT2D eigenvalue weighted by Gasteiger charge is -2.13. The maximum atomic E-state index is 5.86. The van der Waals surface area contributed by atoms with E-state index in [4.69, 9.17) is 10.5 Å². The van der Waals surface area contributed by atoms with E-state index in [9.17, 15) is 0 Å². The molecule has 0 aromatic heterocycles. The second-order valence-corrected chi connectivity index (χ2v) is 4.04. The molecule has 0 heterocycles. The van der Waals surface area contributed by atoms with Gasteiger partial charge in [0.25, 0.3) is 0 Å². The summed E-state index contributed by atoms with van der Waals surface area (Å²) in [5.41, 5.74) is 9.06. The molecule has 0 aliphatic rings. The SMILES string of the molecule is Cc1cccc(CN)c1OCc1ccccc1. The zero-order valence-corrected chi connectivity index (χ0v) is 10.0. The Bertz CT molecular complexity index is 480. The van der Waals surface area contributed by atoms with E-state index in [1.54, 1.807) is 0 Å². The molecule has 0 amide bonds. The van der Waals surface area contributed by atoms with Crippen LogP contribution < -0.4 is 10.5 Å². The molecule has 0 atom stereocenters. The molecule has 2 heteroatoms. The van der Waals surface area contributed by atoms with Crippen molar-refractivity contribution in [2.75, 3.05) is 0 Å². The molecular weight excluding hydrogens is 210 g/mol. The standard InChI is InChI=1S/C15H17NO/c1-12-6-5-9-14(10-16)15(12)17-11-13-7-3-2-4-8-13/h2-9H,10-11,16H2,1H3. The molecule has 0 aliphatic carbocycles. The molecule has 2 aromatic carbocycles. The van der Waals surface area contributed by atoms with Gasteiger partial charge in [-0.2, -0.15) is 0 Å². The summed E-state index contributed by atoms with van der Waals surface area (Å²) in [6.07, 6.45) is 0. The van der Waals surface area contributed by atoms with Crippen LogP contribution in [-0.4, -0.2) is 0 Å². The lowest BCUT2D eigenvalue weighted by Crippen LogP contribution is -2.04. The van der Waals surface area contributed by atoms with Crippen LogP contribution in [0.15, 0.2) is 48.5 Å². The highest BCUT2D eigenvalue weighted by molar-refractivity contribution is 5.40. The van der Waals surface area contributed by atoms with Gasteiger partial charge in [-0.3, -0.25) is 0 Å². The number of para-hydroxylation sites is 1. The van der Waals surface area contributed by atoms with Crippen LogP contribution >= 0.6 is 0 Å². The lowest BCUT2D eigenvalue weighted by atomic mass is 10.1. The molecule has 0 saturated heterocycles. The number of nitrogens with two attached hydrogens (primary N) is 1. The van der Waals surface area contributed by atoms with Gasteiger partial charge in [0, 0.05) is 12.1 Å². The molecular formula is C15H17NO. The molecule has 0 spiro atoms. The van der Waals surface area contributed by atoms with E-state index in [1.165, 1.54) is 5.56 Å². The fraction of sp³-hybridized carbons (Fsp3) is 0.200. The highest BCUT2D eigenvalue weighted by Crippen LogP contribution is 2.23. The first-order chi connectivity index (χ1) is 8.31. The van der Waals surface area contributed by atoms with E-state index in [0.717, 1.165) is 16.9 Å². The Morgan fingerprint density at radius 3 is 2.47 bits per heavy atom. The number of aryl methyl sites for hydroxylation is 1.